The molecule has 0 aromatic heterocycles. The lowest BCUT2D eigenvalue weighted by molar-refractivity contribution is -0.143. The van der Waals surface area contributed by atoms with Gasteiger partial charge in [0, 0.05) is 19.0 Å². The summed E-state index contributed by atoms with van der Waals surface area (Å²) in [4.78, 5) is 28.4. The minimum atomic E-state index is -0.706. The minimum Gasteiger partial charge on any atom is -0.497 e. The summed E-state index contributed by atoms with van der Waals surface area (Å²) in [5.74, 6) is 0.821. The van der Waals surface area contributed by atoms with E-state index < -0.39 is 6.04 Å². The number of methoxy groups -OCH3 is 1. The van der Waals surface area contributed by atoms with Gasteiger partial charge in [-0.3, -0.25) is 9.59 Å². The lowest BCUT2D eigenvalue weighted by atomic mass is 10.0. The first-order valence-corrected chi connectivity index (χ1v) is 11.4. The van der Waals surface area contributed by atoms with Crippen LogP contribution >= 0.6 is 0 Å². The van der Waals surface area contributed by atoms with Gasteiger partial charge in [-0.05, 0) is 49.2 Å². The molecule has 0 heterocycles. The third-order valence-electron chi connectivity index (χ3n) is 5.29. The average molecular weight is 461 g/mol. The highest BCUT2D eigenvalue weighted by Gasteiger charge is 2.31. The van der Waals surface area contributed by atoms with Crippen molar-refractivity contribution in [3.8, 4) is 11.5 Å². The second kappa shape index (κ2) is 12.4. The Morgan fingerprint density at radius 3 is 2.12 bits per heavy atom. The molecular formula is C28H32N2O4. The van der Waals surface area contributed by atoms with Crippen molar-refractivity contribution < 1.29 is 19.1 Å². The van der Waals surface area contributed by atoms with Gasteiger partial charge in [0.15, 0.2) is 6.61 Å². The Morgan fingerprint density at radius 2 is 1.47 bits per heavy atom. The fraction of sp³-hybridized carbons (Fsp3) is 0.286. The van der Waals surface area contributed by atoms with E-state index in [0.717, 1.165) is 11.1 Å². The van der Waals surface area contributed by atoms with E-state index in [0.29, 0.717) is 17.9 Å². The van der Waals surface area contributed by atoms with Crippen LogP contribution in [0.4, 0.5) is 0 Å². The molecule has 1 unspecified atom stereocenters. The molecule has 0 spiro atoms. The highest BCUT2D eigenvalue weighted by Crippen LogP contribution is 2.19. The van der Waals surface area contributed by atoms with E-state index in [4.69, 9.17) is 9.47 Å². The minimum absolute atomic E-state index is 0.0555. The van der Waals surface area contributed by atoms with Crippen molar-refractivity contribution in [3.63, 3.8) is 0 Å². The van der Waals surface area contributed by atoms with Gasteiger partial charge in [0.05, 0.1) is 7.11 Å². The SMILES string of the molecule is COc1cccc(CN(C(=O)COc2ccccc2)C(Cc2ccccc2)C(=O)NC(C)C)c1. The number of carbonyl (C=O) groups excluding carboxylic acids is 2. The van der Waals surface area contributed by atoms with Crippen LogP contribution in [0, 0.1) is 0 Å². The molecule has 3 aromatic rings. The fourth-order valence-corrected chi connectivity index (χ4v) is 3.65. The second-order valence-corrected chi connectivity index (χ2v) is 8.34. The van der Waals surface area contributed by atoms with Gasteiger partial charge in [0.25, 0.3) is 5.91 Å². The maximum atomic E-state index is 13.5. The van der Waals surface area contributed by atoms with E-state index in [9.17, 15) is 9.59 Å². The molecule has 0 aliphatic rings. The van der Waals surface area contributed by atoms with Gasteiger partial charge in [-0.25, -0.2) is 0 Å². The molecule has 6 heteroatoms. The van der Waals surface area contributed by atoms with Crippen molar-refractivity contribution in [3.05, 3.63) is 96.1 Å². The van der Waals surface area contributed by atoms with Crippen LogP contribution in [-0.4, -0.2) is 42.5 Å². The predicted octanol–water partition coefficient (Wildman–Crippen LogP) is 4.24. The van der Waals surface area contributed by atoms with E-state index in [1.807, 2.05) is 86.6 Å². The number of nitrogens with one attached hydrogen (secondary N) is 1. The maximum absolute atomic E-state index is 13.5. The number of ether oxygens (including phenoxy) is 2. The number of carbonyl (C=O) groups is 2. The van der Waals surface area contributed by atoms with Crippen molar-refractivity contribution in [2.45, 2.75) is 38.9 Å². The van der Waals surface area contributed by atoms with Gasteiger partial charge in [0.2, 0.25) is 5.91 Å². The molecule has 34 heavy (non-hydrogen) atoms. The number of amides is 2. The Labute approximate surface area is 201 Å². The molecular weight excluding hydrogens is 428 g/mol. The van der Waals surface area contributed by atoms with Crippen LogP contribution in [0.25, 0.3) is 0 Å². The summed E-state index contributed by atoms with van der Waals surface area (Å²) in [6, 6.07) is 25.6. The van der Waals surface area contributed by atoms with Gasteiger partial charge in [0.1, 0.15) is 17.5 Å². The molecule has 0 radical (unpaired) electrons. The summed E-state index contributed by atoms with van der Waals surface area (Å²) in [7, 11) is 1.60. The Bertz CT molecular complexity index is 1050. The number of para-hydroxylation sites is 1. The van der Waals surface area contributed by atoms with Gasteiger partial charge >= 0.3 is 0 Å². The Hall–Kier alpha value is -3.80. The molecule has 1 atom stereocenters. The topological polar surface area (TPSA) is 67.9 Å². The first-order chi connectivity index (χ1) is 16.5. The zero-order chi connectivity index (χ0) is 24.3. The van der Waals surface area contributed by atoms with Crippen LogP contribution in [0.3, 0.4) is 0 Å². The smallest absolute Gasteiger partial charge is 0.261 e. The van der Waals surface area contributed by atoms with E-state index in [1.165, 1.54) is 0 Å². The quantitative estimate of drug-likeness (QED) is 0.465. The summed E-state index contributed by atoms with van der Waals surface area (Å²) in [5, 5.41) is 2.98. The zero-order valence-electron chi connectivity index (χ0n) is 19.9. The zero-order valence-corrected chi connectivity index (χ0v) is 19.9. The first-order valence-electron chi connectivity index (χ1n) is 11.4. The van der Waals surface area contributed by atoms with E-state index in [1.54, 1.807) is 24.1 Å². The molecule has 0 saturated heterocycles. The third kappa shape index (κ3) is 7.37. The third-order valence-corrected chi connectivity index (χ3v) is 5.29. The van der Waals surface area contributed by atoms with Gasteiger partial charge in [-0.15, -0.1) is 0 Å². The molecule has 2 amide bonds. The molecule has 3 rings (SSSR count). The summed E-state index contributed by atoms with van der Waals surface area (Å²) in [6.45, 7) is 3.89. The molecule has 0 fully saturated rings. The van der Waals surface area contributed by atoms with Gasteiger partial charge in [-0.2, -0.15) is 0 Å². The second-order valence-electron chi connectivity index (χ2n) is 8.34. The number of benzene rings is 3. The van der Waals surface area contributed by atoms with Crippen LogP contribution in [-0.2, 0) is 22.6 Å². The fourth-order valence-electron chi connectivity index (χ4n) is 3.65. The molecule has 0 saturated carbocycles. The monoisotopic (exact) mass is 460 g/mol. The molecule has 0 aliphatic heterocycles. The Morgan fingerprint density at radius 1 is 0.853 bits per heavy atom. The predicted molar refractivity (Wildman–Crippen MR) is 133 cm³/mol. The lowest BCUT2D eigenvalue weighted by Crippen LogP contribution is -2.52. The van der Waals surface area contributed by atoms with E-state index in [2.05, 4.69) is 5.32 Å². The number of hydrogen-bond acceptors (Lipinski definition) is 4. The number of rotatable bonds is 11. The van der Waals surface area contributed by atoms with Crippen molar-refractivity contribution in [2.24, 2.45) is 0 Å². The highest BCUT2D eigenvalue weighted by atomic mass is 16.5. The Kier molecular flexibility index (Phi) is 9.09. The standard InChI is InChI=1S/C28H32N2O4/c1-21(2)29-28(32)26(18-22-11-6-4-7-12-22)30(19-23-13-10-16-25(17-23)33-3)27(31)20-34-24-14-8-5-9-15-24/h4-17,21,26H,18-20H2,1-3H3,(H,29,32). The van der Waals surface area contributed by atoms with Crippen molar-refractivity contribution >= 4 is 11.8 Å². The van der Waals surface area contributed by atoms with Gasteiger partial charge < -0.3 is 19.7 Å². The molecule has 6 nitrogen and oxygen atoms in total. The normalized spacial score (nSPS) is 11.5. The first kappa shape index (κ1) is 24.8. The largest absolute Gasteiger partial charge is 0.497 e. The number of nitrogens with zero attached hydrogens (tertiary/aromatic N) is 1. The molecule has 0 bridgehead atoms. The maximum Gasteiger partial charge on any atom is 0.261 e. The van der Waals surface area contributed by atoms with Crippen molar-refractivity contribution in [1.82, 2.24) is 10.2 Å². The number of hydrogen-bond donors (Lipinski definition) is 1. The Balaban J connectivity index is 1.91. The summed E-state index contributed by atoms with van der Waals surface area (Å²) >= 11 is 0. The highest BCUT2D eigenvalue weighted by molar-refractivity contribution is 5.88. The van der Waals surface area contributed by atoms with Crippen molar-refractivity contribution in [1.29, 1.82) is 0 Å². The summed E-state index contributed by atoms with van der Waals surface area (Å²) in [6.07, 6.45) is 0.389. The van der Waals surface area contributed by atoms with Gasteiger partial charge in [-0.1, -0.05) is 60.7 Å². The average Bonchev–Trinajstić information content (AvgIpc) is 2.85. The van der Waals surface area contributed by atoms with Crippen molar-refractivity contribution in [2.75, 3.05) is 13.7 Å². The van der Waals surface area contributed by atoms with Crippen LogP contribution in [0.2, 0.25) is 0 Å². The molecule has 178 valence electrons. The van der Waals surface area contributed by atoms with E-state index >= 15 is 0 Å². The van der Waals surface area contributed by atoms with Crippen LogP contribution in [0.5, 0.6) is 11.5 Å². The van der Waals surface area contributed by atoms with Crippen LogP contribution in [0.1, 0.15) is 25.0 Å². The van der Waals surface area contributed by atoms with Crippen LogP contribution < -0.4 is 14.8 Å². The molecule has 1 N–H and O–H groups in total. The molecule has 3 aromatic carbocycles. The summed E-state index contributed by atoms with van der Waals surface area (Å²) < 4.78 is 11.1. The van der Waals surface area contributed by atoms with Crippen LogP contribution in [0.15, 0.2) is 84.9 Å². The summed E-state index contributed by atoms with van der Waals surface area (Å²) in [5.41, 5.74) is 1.83. The van der Waals surface area contributed by atoms with E-state index in [-0.39, 0.29) is 31.0 Å². The molecule has 0 aliphatic carbocycles. The lowest BCUT2D eigenvalue weighted by Gasteiger charge is -2.32.